The Balaban J connectivity index is 1.84. The first-order valence-corrected chi connectivity index (χ1v) is 11.7. The topological polar surface area (TPSA) is 105 Å². The molecule has 0 unspecified atom stereocenters. The van der Waals surface area contributed by atoms with Gasteiger partial charge in [0, 0.05) is 24.3 Å². The molecule has 0 aliphatic carbocycles. The van der Waals surface area contributed by atoms with Crippen LogP contribution in [0.2, 0.25) is 0 Å². The maximum atomic E-state index is 11.8. The van der Waals surface area contributed by atoms with Crippen LogP contribution in [0.25, 0.3) is 23.3 Å². The van der Waals surface area contributed by atoms with E-state index in [1.165, 1.54) is 12.1 Å². The van der Waals surface area contributed by atoms with E-state index < -0.39 is 23.9 Å². The van der Waals surface area contributed by atoms with Crippen molar-refractivity contribution in [3.8, 4) is 34.1 Å². The first-order chi connectivity index (χ1) is 19.3. The summed E-state index contributed by atoms with van der Waals surface area (Å²) in [6, 6.07) is 17.0. The molecule has 0 heterocycles. The predicted octanol–water partition coefficient (Wildman–Crippen LogP) is 5.89. The van der Waals surface area contributed by atoms with Gasteiger partial charge in [0.15, 0.2) is 23.0 Å². The largest absolute Gasteiger partial charge is 0.419 e. The van der Waals surface area contributed by atoms with E-state index in [2.05, 4.69) is 26.3 Å². The van der Waals surface area contributed by atoms with Gasteiger partial charge in [-0.05, 0) is 46.5 Å². The van der Waals surface area contributed by atoms with Crippen LogP contribution in [-0.4, -0.2) is 23.9 Å². The number of hydrogen-bond donors (Lipinski definition) is 0. The molecule has 0 saturated heterocycles. The van der Waals surface area contributed by atoms with Gasteiger partial charge in [0.05, 0.1) is 0 Å². The van der Waals surface area contributed by atoms with Crippen molar-refractivity contribution in [3.05, 3.63) is 122 Å². The number of rotatable bonds is 11. The summed E-state index contributed by atoms with van der Waals surface area (Å²) in [5, 5.41) is 0. The van der Waals surface area contributed by atoms with Gasteiger partial charge in [-0.25, -0.2) is 19.2 Å². The molecule has 0 fully saturated rings. The molecule has 200 valence electrons. The van der Waals surface area contributed by atoms with Crippen LogP contribution < -0.4 is 18.9 Å². The highest BCUT2D eigenvalue weighted by Crippen LogP contribution is 2.34. The van der Waals surface area contributed by atoms with E-state index in [0.717, 1.165) is 35.4 Å². The highest BCUT2D eigenvalue weighted by atomic mass is 16.6. The number of esters is 4. The van der Waals surface area contributed by atoms with Crippen LogP contribution in [0, 0.1) is 0 Å². The molecule has 0 atom stereocenters. The lowest BCUT2D eigenvalue weighted by molar-refractivity contribution is -0.131. The molecular formula is C32H24O8. The lowest BCUT2D eigenvalue weighted by atomic mass is 10.0. The molecule has 0 aliphatic heterocycles. The Bertz CT molecular complexity index is 1530. The summed E-state index contributed by atoms with van der Waals surface area (Å²) >= 11 is 0. The third-order valence-corrected chi connectivity index (χ3v) is 5.13. The lowest BCUT2D eigenvalue weighted by Gasteiger charge is -2.11. The Morgan fingerprint density at radius 2 is 0.825 bits per heavy atom. The van der Waals surface area contributed by atoms with E-state index in [9.17, 15) is 19.2 Å². The van der Waals surface area contributed by atoms with E-state index in [-0.39, 0.29) is 23.0 Å². The molecule has 8 heteroatoms. The van der Waals surface area contributed by atoms with Gasteiger partial charge in [-0.15, -0.1) is 0 Å². The molecule has 0 radical (unpaired) electrons. The average molecular weight is 537 g/mol. The maximum absolute atomic E-state index is 11.8. The predicted molar refractivity (Wildman–Crippen MR) is 151 cm³/mol. The van der Waals surface area contributed by atoms with Gasteiger partial charge in [0.2, 0.25) is 0 Å². The quantitative estimate of drug-likeness (QED) is 0.129. The molecule has 3 aromatic carbocycles. The molecule has 3 rings (SSSR count). The standard InChI is InChI=1S/C32H24O8/c1-5-29(33)37-25-17-13-22(19-27(25)39-31(35)7-3)10-9-21-11-14-23(15-12-21)24-16-18-26(38-30(34)6-2)28(20-24)40-32(36)8-4/h5-20H,1-4H2. The Morgan fingerprint density at radius 1 is 0.450 bits per heavy atom. The van der Waals surface area contributed by atoms with Gasteiger partial charge >= 0.3 is 23.9 Å². The SMILES string of the molecule is C=CC(=O)Oc1ccc(C=Cc2ccc(-c3ccc(OC(=O)C=C)c(OC(=O)C=C)c3)cc2)cc1OC(=O)C=C. The van der Waals surface area contributed by atoms with E-state index >= 15 is 0 Å². The highest BCUT2D eigenvalue weighted by Gasteiger charge is 2.14. The van der Waals surface area contributed by atoms with Crippen molar-refractivity contribution in [2.24, 2.45) is 0 Å². The molecule has 8 nitrogen and oxygen atoms in total. The fourth-order valence-electron chi connectivity index (χ4n) is 3.22. The summed E-state index contributed by atoms with van der Waals surface area (Å²) in [6.07, 6.45) is 7.62. The maximum Gasteiger partial charge on any atom is 0.335 e. The number of ether oxygens (including phenoxy) is 4. The highest BCUT2D eigenvalue weighted by molar-refractivity contribution is 5.88. The van der Waals surface area contributed by atoms with E-state index in [1.54, 1.807) is 30.3 Å². The molecule has 0 aromatic heterocycles. The zero-order valence-corrected chi connectivity index (χ0v) is 21.3. The van der Waals surface area contributed by atoms with Crippen LogP contribution in [0.15, 0.2) is 111 Å². The molecule has 0 amide bonds. The van der Waals surface area contributed by atoms with Crippen molar-refractivity contribution in [2.45, 2.75) is 0 Å². The van der Waals surface area contributed by atoms with E-state index in [4.69, 9.17) is 18.9 Å². The lowest BCUT2D eigenvalue weighted by Crippen LogP contribution is -2.08. The van der Waals surface area contributed by atoms with Crippen molar-refractivity contribution in [1.29, 1.82) is 0 Å². The van der Waals surface area contributed by atoms with Crippen LogP contribution >= 0.6 is 0 Å². The smallest absolute Gasteiger partial charge is 0.335 e. The fourth-order valence-corrected chi connectivity index (χ4v) is 3.22. The minimum absolute atomic E-state index is 0.0489. The molecule has 0 saturated carbocycles. The molecule has 0 N–H and O–H groups in total. The van der Waals surface area contributed by atoms with Gasteiger partial charge < -0.3 is 18.9 Å². The zero-order chi connectivity index (χ0) is 29.1. The Labute approximate surface area is 230 Å². The van der Waals surface area contributed by atoms with E-state index in [1.807, 2.05) is 30.3 Å². The fraction of sp³-hybridized carbons (Fsp3) is 0. The first kappa shape index (κ1) is 28.8. The summed E-state index contributed by atoms with van der Waals surface area (Å²) < 4.78 is 20.7. The minimum Gasteiger partial charge on any atom is -0.419 e. The Kier molecular flexibility index (Phi) is 9.86. The van der Waals surface area contributed by atoms with Gasteiger partial charge in [-0.3, -0.25) is 0 Å². The summed E-state index contributed by atoms with van der Waals surface area (Å²) in [5.74, 6) is -2.58. The summed E-state index contributed by atoms with van der Waals surface area (Å²) in [4.78, 5) is 46.7. The molecule has 40 heavy (non-hydrogen) atoms. The number of benzene rings is 3. The summed E-state index contributed by atoms with van der Waals surface area (Å²) in [6.45, 7) is 13.5. The van der Waals surface area contributed by atoms with Crippen LogP contribution in [0.5, 0.6) is 23.0 Å². The van der Waals surface area contributed by atoms with Crippen molar-refractivity contribution < 1.29 is 38.1 Å². The van der Waals surface area contributed by atoms with Crippen molar-refractivity contribution >= 4 is 36.0 Å². The molecule has 3 aromatic rings. The van der Waals surface area contributed by atoms with Gasteiger partial charge in [-0.1, -0.05) is 74.9 Å². The second-order valence-corrected chi connectivity index (χ2v) is 7.82. The molecular weight excluding hydrogens is 512 g/mol. The number of carbonyl (C=O) groups is 4. The third-order valence-electron chi connectivity index (χ3n) is 5.13. The Hall–Kier alpha value is -5.76. The number of carbonyl (C=O) groups excluding carboxylic acids is 4. The number of hydrogen-bond acceptors (Lipinski definition) is 8. The van der Waals surface area contributed by atoms with Crippen molar-refractivity contribution in [2.75, 3.05) is 0 Å². The molecule has 0 spiro atoms. The van der Waals surface area contributed by atoms with Crippen LogP contribution in [0.1, 0.15) is 11.1 Å². The second kappa shape index (κ2) is 13.7. The zero-order valence-electron chi connectivity index (χ0n) is 21.3. The molecule has 0 aliphatic rings. The average Bonchev–Trinajstić information content (AvgIpc) is 2.97. The first-order valence-electron chi connectivity index (χ1n) is 11.7. The van der Waals surface area contributed by atoms with Gasteiger partial charge in [0.1, 0.15) is 0 Å². The monoisotopic (exact) mass is 536 g/mol. The molecule has 0 bridgehead atoms. The minimum atomic E-state index is -0.707. The third kappa shape index (κ3) is 7.87. The summed E-state index contributed by atoms with van der Waals surface area (Å²) in [7, 11) is 0. The van der Waals surface area contributed by atoms with Crippen LogP contribution in [0.3, 0.4) is 0 Å². The van der Waals surface area contributed by atoms with Gasteiger partial charge in [0.25, 0.3) is 0 Å². The van der Waals surface area contributed by atoms with Crippen LogP contribution in [0.4, 0.5) is 0 Å². The Morgan fingerprint density at radius 3 is 1.32 bits per heavy atom. The van der Waals surface area contributed by atoms with Crippen molar-refractivity contribution in [1.82, 2.24) is 0 Å². The summed E-state index contributed by atoms with van der Waals surface area (Å²) in [5.41, 5.74) is 3.04. The van der Waals surface area contributed by atoms with E-state index in [0.29, 0.717) is 11.1 Å². The van der Waals surface area contributed by atoms with Crippen molar-refractivity contribution in [3.63, 3.8) is 0 Å². The van der Waals surface area contributed by atoms with Crippen LogP contribution in [-0.2, 0) is 19.2 Å². The second-order valence-electron chi connectivity index (χ2n) is 7.82. The van der Waals surface area contributed by atoms with Gasteiger partial charge in [-0.2, -0.15) is 0 Å². The normalized spacial score (nSPS) is 10.2.